The molecule has 0 spiro atoms. The van der Waals surface area contributed by atoms with Crippen LogP contribution in [0.5, 0.6) is 0 Å². The minimum absolute atomic E-state index is 0.439. The van der Waals surface area contributed by atoms with Gasteiger partial charge in [-0.2, -0.15) is 0 Å². The van der Waals surface area contributed by atoms with Gasteiger partial charge in [0, 0.05) is 18.6 Å². The molecule has 1 aromatic heterocycles. The van der Waals surface area contributed by atoms with Crippen LogP contribution < -0.4 is 5.32 Å². The van der Waals surface area contributed by atoms with E-state index >= 15 is 0 Å². The fourth-order valence-corrected chi connectivity index (χ4v) is 3.25. The molecule has 100 valence electrons. The zero-order valence-electron chi connectivity index (χ0n) is 11.1. The molecule has 0 radical (unpaired) electrons. The fourth-order valence-electron chi connectivity index (χ4n) is 3.25. The molecule has 2 fully saturated rings. The van der Waals surface area contributed by atoms with Crippen LogP contribution in [0.1, 0.15) is 44.7 Å². The van der Waals surface area contributed by atoms with Crippen LogP contribution in [0.3, 0.4) is 0 Å². The van der Waals surface area contributed by atoms with Crippen molar-refractivity contribution in [3.63, 3.8) is 0 Å². The highest BCUT2D eigenvalue weighted by Gasteiger charge is 2.33. The molecule has 18 heavy (non-hydrogen) atoms. The quantitative estimate of drug-likeness (QED) is 0.868. The SMILES string of the molecule is CCCn1cncc1COC1CC2CCC(C1)N2. The number of aromatic nitrogens is 2. The Hall–Kier alpha value is -0.870. The van der Waals surface area contributed by atoms with Gasteiger partial charge in [-0.25, -0.2) is 4.98 Å². The summed E-state index contributed by atoms with van der Waals surface area (Å²) in [7, 11) is 0. The van der Waals surface area contributed by atoms with Gasteiger partial charge in [0.15, 0.2) is 0 Å². The molecule has 0 amide bonds. The van der Waals surface area contributed by atoms with Crippen molar-refractivity contribution in [2.24, 2.45) is 0 Å². The molecular weight excluding hydrogens is 226 g/mol. The van der Waals surface area contributed by atoms with Crippen molar-refractivity contribution < 1.29 is 4.74 Å². The minimum Gasteiger partial charge on any atom is -0.372 e. The second-order valence-corrected chi connectivity index (χ2v) is 5.62. The number of aryl methyl sites for hydroxylation is 1. The Morgan fingerprint density at radius 2 is 2.17 bits per heavy atom. The van der Waals surface area contributed by atoms with E-state index in [1.54, 1.807) is 0 Å². The van der Waals surface area contributed by atoms with Gasteiger partial charge < -0.3 is 14.6 Å². The Morgan fingerprint density at radius 1 is 1.39 bits per heavy atom. The summed E-state index contributed by atoms with van der Waals surface area (Å²) in [4.78, 5) is 4.22. The Morgan fingerprint density at radius 3 is 2.89 bits per heavy atom. The van der Waals surface area contributed by atoms with Crippen molar-refractivity contribution in [2.75, 3.05) is 0 Å². The second kappa shape index (κ2) is 5.41. The first-order valence-electron chi connectivity index (χ1n) is 7.21. The highest BCUT2D eigenvalue weighted by Crippen LogP contribution is 2.28. The average molecular weight is 249 g/mol. The molecule has 3 heterocycles. The summed E-state index contributed by atoms with van der Waals surface area (Å²) >= 11 is 0. The molecule has 2 unspecified atom stereocenters. The number of nitrogens with zero attached hydrogens (tertiary/aromatic N) is 2. The molecule has 2 aliphatic heterocycles. The van der Waals surface area contributed by atoms with Crippen LogP contribution in [0.25, 0.3) is 0 Å². The summed E-state index contributed by atoms with van der Waals surface area (Å²) < 4.78 is 8.30. The first-order chi connectivity index (χ1) is 8.85. The fraction of sp³-hybridized carbons (Fsp3) is 0.786. The third-order valence-electron chi connectivity index (χ3n) is 4.16. The van der Waals surface area contributed by atoms with E-state index in [0.717, 1.165) is 13.0 Å². The number of hydrogen-bond donors (Lipinski definition) is 1. The van der Waals surface area contributed by atoms with Crippen molar-refractivity contribution in [1.29, 1.82) is 0 Å². The van der Waals surface area contributed by atoms with Gasteiger partial charge >= 0.3 is 0 Å². The summed E-state index contributed by atoms with van der Waals surface area (Å²) in [5, 5.41) is 3.65. The average Bonchev–Trinajstić information content (AvgIpc) is 2.94. The molecule has 0 aromatic carbocycles. The Balaban J connectivity index is 1.53. The van der Waals surface area contributed by atoms with E-state index in [0.29, 0.717) is 24.8 Å². The number of rotatable bonds is 5. The van der Waals surface area contributed by atoms with Crippen LogP contribution in [-0.4, -0.2) is 27.7 Å². The van der Waals surface area contributed by atoms with E-state index in [-0.39, 0.29) is 0 Å². The van der Waals surface area contributed by atoms with Crippen molar-refractivity contribution in [3.05, 3.63) is 18.2 Å². The minimum atomic E-state index is 0.439. The lowest BCUT2D eigenvalue weighted by atomic mass is 10.0. The van der Waals surface area contributed by atoms with Gasteiger partial charge in [0.2, 0.25) is 0 Å². The zero-order valence-corrected chi connectivity index (χ0v) is 11.1. The Bertz CT molecular complexity index is 378. The molecule has 1 aromatic rings. The van der Waals surface area contributed by atoms with E-state index < -0.39 is 0 Å². The molecule has 4 heteroatoms. The summed E-state index contributed by atoms with van der Waals surface area (Å²) in [6.07, 6.45) is 10.4. The van der Waals surface area contributed by atoms with Crippen LogP contribution in [-0.2, 0) is 17.9 Å². The number of fused-ring (bicyclic) bond motifs is 2. The van der Waals surface area contributed by atoms with E-state index in [4.69, 9.17) is 4.74 Å². The predicted molar refractivity (Wildman–Crippen MR) is 70.3 cm³/mol. The molecule has 2 saturated heterocycles. The summed E-state index contributed by atoms with van der Waals surface area (Å²) in [6, 6.07) is 1.41. The number of hydrogen-bond acceptors (Lipinski definition) is 3. The third-order valence-corrected chi connectivity index (χ3v) is 4.16. The zero-order chi connectivity index (χ0) is 12.4. The van der Waals surface area contributed by atoms with Gasteiger partial charge in [-0.1, -0.05) is 6.92 Å². The van der Waals surface area contributed by atoms with Gasteiger partial charge in [-0.15, -0.1) is 0 Å². The van der Waals surface area contributed by atoms with Crippen molar-refractivity contribution in [3.8, 4) is 0 Å². The first kappa shape index (κ1) is 12.2. The van der Waals surface area contributed by atoms with E-state index in [9.17, 15) is 0 Å². The van der Waals surface area contributed by atoms with Crippen molar-refractivity contribution in [2.45, 2.75) is 70.4 Å². The number of imidazole rings is 1. The van der Waals surface area contributed by atoms with Crippen LogP contribution in [0, 0.1) is 0 Å². The van der Waals surface area contributed by atoms with Crippen LogP contribution in [0.15, 0.2) is 12.5 Å². The normalized spacial score (nSPS) is 30.8. The topological polar surface area (TPSA) is 39.1 Å². The van der Waals surface area contributed by atoms with Gasteiger partial charge in [0.05, 0.1) is 30.9 Å². The van der Waals surface area contributed by atoms with Crippen LogP contribution in [0.2, 0.25) is 0 Å². The summed E-state index contributed by atoms with van der Waals surface area (Å²) in [5.74, 6) is 0. The molecule has 1 N–H and O–H groups in total. The van der Waals surface area contributed by atoms with Crippen molar-refractivity contribution in [1.82, 2.24) is 14.9 Å². The smallest absolute Gasteiger partial charge is 0.0948 e. The molecule has 2 aliphatic rings. The van der Waals surface area contributed by atoms with E-state index in [1.807, 2.05) is 12.5 Å². The van der Waals surface area contributed by atoms with E-state index in [2.05, 4.69) is 21.8 Å². The lowest BCUT2D eigenvalue weighted by Gasteiger charge is -2.29. The van der Waals surface area contributed by atoms with Crippen LogP contribution >= 0.6 is 0 Å². The van der Waals surface area contributed by atoms with Gasteiger partial charge in [-0.3, -0.25) is 0 Å². The molecule has 0 aliphatic carbocycles. The Kier molecular flexibility index (Phi) is 3.66. The van der Waals surface area contributed by atoms with Gasteiger partial charge in [0.25, 0.3) is 0 Å². The molecule has 0 saturated carbocycles. The largest absolute Gasteiger partial charge is 0.372 e. The highest BCUT2D eigenvalue weighted by atomic mass is 16.5. The maximum atomic E-state index is 6.09. The number of nitrogens with one attached hydrogen (secondary N) is 1. The predicted octanol–water partition coefficient (Wildman–Crippen LogP) is 2.09. The van der Waals surface area contributed by atoms with Crippen LogP contribution in [0.4, 0.5) is 0 Å². The number of piperidine rings is 1. The maximum Gasteiger partial charge on any atom is 0.0948 e. The summed E-state index contributed by atoms with van der Waals surface area (Å²) in [5.41, 5.74) is 1.21. The lowest BCUT2D eigenvalue weighted by Crippen LogP contribution is -2.41. The number of ether oxygens (including phenoxy) is 1. The van der Waals surface area contributed by atoms with E-state index in [1.165, 1.54) is 31.4 Å². The lowest BCUT2D eigenvalue weighted by molar-refractivity contribution is 0.00642. The molecule has 2 bridgehead atoms. The highest BCUT2D eigenvalue weighted by molar-refractivity contribution is 4.97. The second-order valence-electron chi connectivity index (χ2n) is 5.62. The molecule has 4 nitrogen and oxygen atoms in total. The van der Waals surface area contributed by atoms with Crippen molar-refractivity contribution >= 4 is 0 Å². The monoisotopic (exact) mass is 249 g/mol. The van der Waals surface area contributed by atoms with Gasteiger partial charge in [0.1, 0.15) is 0 Å². The molecular formula is C14H23N3O. The van der Waals surface area contributed by atoms with Gasteiger partial charge in [-0.05, 0) is 32.1 Å². The summed E-state index contributed by atoms with van der Waals surface area (Å²) in [6.45, 7) is 3.94. The standard InChI is InChI=1S/C14H23N3O/c1-2-5-17-10-15-8-13(17)9-18-14-6-11-3-4-12(7-14)16-11/h8,10-12,14,16H,2-7,9H2,1H3. The molecule has 2 atom stereocenters. The maximum absolute atomic E-state index is 6.09. The molecule has 3 rings (SSSR count). The first-order valence-corrected chi connectivity index (χ1v) is 7.21. The third kappa shape index (κ3) is 2.59. The Labute approximate surface area is 109 Å².